The first-order valence-corrected chi connectivity index (χ1v) is 8.79. The Kier molecular flexibility index (Phi) is 5.86. The molecule has 0 atom stereocenters. The van der Waals surface area contributed by atoms with E-state index in [0.717, 1.165) is 22.6 Å². The molecule has 2 aromatic heterocycles. The van der Waals surface area contributed by atoms with Crippen LogP contribution >= 0.6 is 0 Å². The molecule has 0 unspecified atom stereocenters. The van der Waals surface area contributed by atoms with Gasteiger partial charge < -0.3 is 10.1 Å². The Morgan fingerprint density at radius 3 is 2.48 bits per heavy atom. The van der Waals surface area contributed by atoms with Gasteiger partial charge in [0, 0.05) is 17.3 Å². The lowest BCUT2D eigenvalue weighted by atomic mass is 10.1. The third-order valence-corrected chi connectivity index (χ3v) is 4.18. The average molecular weight is 404 g/mol. The predicted molar refractivity (Wildman–Crippen MR) is 101 cm³/mol. The number of aromatic nitrogens is 3. The van der Waals surface area contributed by atoms with Crippen LogP contribution in [0.2, 0.25) is 0 Å². The van der Waals surface area contributed by atoms with Crippen molar-refractivity contribution in [2.24, 2.45) is 0 Å². The molecule has 152 valence electrons. The molecule has 9 heteroatoms. The first kappa shape index (κ1) is 20.4. The van der Waals surface area contributed by atoms with Gasteiger partial charge in [0.25, 0.3) is 0 Å². The monoisotopic (exact) mass is 404 g/mol. The van der Waals surface area contributed by atoms with Gasteiger partial charge in [-0.1, -0.05) is 18.2 Å². The molecule has 0 fully saturated rings. The fraction of sp³-hybridized carbons (Fsp3) is 0.250. The van der Waals surface area contributed by atoms with E-state index in [4.69, 9.17) is 0 Å². The van der Waals surface area contributed by atoms with E-state index >= 15 is 0 Å². The summed E-state index contributed by atoms with van der Waals surface area (Å²) < 4.78 is 42.8. The highest BCUT2D eigenvalue weighted by Crippen LogP contribution is 2.20. The van der Waals surface area contributed by atoms with E-state index in [1.165, 1.54) is 18.3 Å². The molecule has 3 rings (SSSR count). The number of alkyl halides is 3. The number of rotatable bonds is 6. The first-order chi connectivity index (χ1) is 13.7. The molecule has 0 saturated carbocycles. The maximum Gasteiger partial charge on any atom is 0.422 e. The van der Waals surface area contributed by atoms with E-state index in [2.05, 4.69) is 20.1 Å². The summed E-state index contributed by atoms with van der Waals surface area (Å²) in [6, 6.07) is 12.3. The van der Waals surface area contributed by atoms with Crippen molar-refractivity contribution in [3.8, 4) is 11.6 Å². The lowest BCUT2D eigenvalue weighted by Crippen LogP contribution is -2.19. The zero-order valence-electron chi connectivity index (χ0n) is 15.8. The number of carbonyl (C=O) groups is 1. The predicted octanol–water partition coefficient (Wildman–Crippen LogP) is 4.01. The highest BCUT2D eigenvalue weighted by atomic mass is 19.4. The van der Waals surface area contributed by atoms with Crippen molar-refractivity contribution in [2.75, 3.05) is 11.9 Å². The van der Waals surface area contributed by atoms with Crippen molar-refractivity contribution in [1.82, 2.24) is 14.8 Å². The molecule has 29 heavy (non-hydrogen) atoms. The molecule has 2 heterocycles. The fourth-order valence-corrected chi connectivity index (χ4v) is 2.81. The molecule has 0 aliphatic heterocycles. The summed E-state index contributed by atoms with van der Waals surface area (Å²) in [4.78, 5) is 16.2. The SMILES string of the molecule is Cc1nn(-c2ccccc2)c(C)c1CC(=O)Nc1ccc(OCC(F)(F)F)nc1. The van der Waals surface area contributed by atoms with Crippen LogP contribution in [0.5, 0.6) is 5.88 Å². The van der Waals surface area contributed by atoms with Crippen molar-refractivity contribution in [3.63, 3.8) is 0 Å². The number of carbonyl (C=O) groups excluding carboxylic acids is 1. The van der Waals surface area contributed by atoms with E-state index in [9.17, 15) is 18.0 Å². The Morgan fingerprint density at radius 2 is 1.86 bits per heavy atom. The van der Waals surface area contributed by atoms with E-state index in [1.807, 2.05) is 44.2 Å². The molecule has 0 saturated heterocycles. The number of halogens is 3. The van der Waals surface area contributed by atoms with Gasteiger partial charge in [-0.05, 0) is 32.0 Å². The highest BCUT2D eigenvalue weighted by molar-refractivity contribution is 5.92. The molecular formula is C20H19F3N4O2. The van der Waals surface area contributed by atoms with Crippen molar-refractivity contribution in [2.45, 2.75) is 26.4 Å². The zero-order chi connectivity index (χ0) is 21.0. The lowest BCUT2D eigenvalue weighted by molar-refractivity contribution is -0.154. The Balaban J connectivity index is 1.65. The van der Waals surface area contributed by atoms with Crippen LogP contribution in [0.15, 0.2) is 48.7 Å². The second kappa shape index (κ2) is 8.34. The van der Waals surface area contributed by atoms with Gasteiger partial charge in [-0.3, -0.25) is 4.79 Å². The Bertz CT molecular complexity index is 983. The van der Waals surface area contributed by atoms with Gasteiger partial charge in [0.2, 0.25) is 11.8 Å². The number of aryl methyl sites for hydroxylation is 1. The average Bonchev–Trinajstić information content (AvgIpc) is 2.96. The number of ether oxygens (including phenoxy) is 1. The molecule has 0 radical (unpaired) electrons. The minimum atomic E-state index is -4.44. The zero-order valence-corrected chi connectivity index (χ0v) is 15.8. The minimum absolute atomic E-state index is 0.108. The van der Waals surface area contributed by atoms with Crippen LogP contribution in [0.1, 0.15) is 17.0 Å². The minimum Gasteiger partial charge on any atom is -0.468 e. The van der Waals surface area contributed by atoms with Crippen molar-refractivity contribution in [1.29, 1.82) is 0 Å². The number of anilines is 1. The molecule has 1 amide bonds. The van der Waals surface area contributed by atoms with E-state index in [-0.39, 0.29) is 18.2 Å². The maximum absolute atomic E-state index is 12.4. The number of hydrogen-bond donors (Lipinski definition) is 1. The standard InChI is InChI=1S/C20H19F3N4O2/c1-13-17(14(2)27(26-13)16-6-4-3-5-7-16)10-18(28)25-15-8-9-19(24-11-15)29-12-20(21,22)23/h3-9,11H,10,12H2,1-2H3,(H,25,28). The van der Waals surface area contributed by atoms with Crippen molar-refractivity contribution >= 4 is 11.6 Å². The van der Waals surface area contributed by atoms with Gasteiger partial charge in [0.15, 0.2) is 6.61 Å². The molecule has 0 spiro atoms. The van der Waals surface area contributed by atoms with Crippen LogP contribution < -0.4 is 10.1 Å². The summed E-state index contributed by atoms with van der Waals surface area (Å²) >= 11 is 0. The number of nitrogens with zero attached hydrogens (tertiary/aromatic N) is 3. The first-order valence-electron chi connectivity index (χ1n) is 8.79. The smallest absolute Gasteiger partial charge is 0.422 e. The molecule has 0 aliphatic rings. The molecule has 0 aliphatic carbocycles. The van der Waals surface area contributed by atoms with Crippen LogP contribution in [0.25, 0.3) is 5.69 Å². The third kappa shape index (κ3) is 5.34. The summed E-state index contributed by atoms with van der Waals surface area (Å²) in [5, 5.41) is 7.19. The molecule has 3 aromatic rings. The van der Waals surface area contributed by atoms with Gasteiger partial charge >= 0.3 is 6.18 Å². The Morgan fingerprint density at radius 1 is 1.14 bits per heavy atom. The van der Waals surface area contributed by atoms with Gasteiger partial charge in [-0.25, -0.2) is 9.67 Å². The number of para-hydroxylation sites is 1. The molecular weight excluding hydrogens is 385 g/mol. The van der Waals surface area contributed by atoms with E-state index in [0.29, 0.717) is 5.69 Å². The topological polar surface area (TPSA) is 69.0 Å². The number of nitrogens with one attached hydrogen (secondary N) is 1. The summed E-state index contributed by atoms with van der Waals surface area (Å²) in [5.41, 5.74) is 3.68. The van der Waals surface area contributed by atoms with Crippen LogP contribution in [-0.4, -0.2) is 33.5 Å². The highest BCUT2D eigenvalue weighted by Gasteiger charge is 2.28. The molecule has 6 nitrogen and oxygen atoms in total. The number of benzene rings is 1. The van der Waals surface area contributed by atoms with Crippen LogP contribution in [0, 0.1) is 13.8 Å². The lowest BCUT2D eigenvalue weighted by Gasteiger charge is -2.09. The molecule has 1 N–H and O–H groups in total. The van der Waals surface area contributed by atoms with Gasteiger partial charge in [0.05, 0.1) is 29.7 Å². The fourth-order valence-electron chi connectivity index (χ4n) is 2.81. The van der Waals surface area contributed by atoms with Crippen molar-refractivity contribution in [3.05, 3.63) is 65.6 Å². The number of amides is 1. The second-order valence-electron chi connectivity index (χ2n) is 6.41. The van der Waals surface area contributed by atoms with Crippen molar-refractivity contribution < 1.29 is 22.7 Å². The summed E-state index contributed by atoms with van der Waals surface area (Å²) in [5.74, 6) is -0.453. The maximum atomic E-state index is 12.4. The number of pyridine rings is 1. The normalized spacial score (nSPS) is 11.3. The quantitative estimate of drug-likeness (QED) is 0.674. The van der Waals surface area contributed by atoms with Gasteiger partial charge in [0.1, 0.15) is 0 Å². The summed E-state index contributed by atoms with van der Waals surface area (Å²) in [6.07, 6.45) is -3.08. The number of hydrogen-bond acceptors (Lipinski definition) is 4. The van der Waals surface area contributed by atoms with Gasteiger partial charge in [-0.15, -0.1) is 0 Å². The van der Waals surface area contributed by atoms with E-state index in [1.54, 1.807) is 4.68 Å². The van der Waals surface area contributed by atoms with Gasteiger partial charge in [-0.2, -0.15) is 18.3 Å². The molecule has 0 bridgehead atoms. The van der Waals surface area contributed by atoms with Crippen LogP contribution in [0.3, 0.4) is 0 Å². The molecule has 1 aromatic carbocycles. The van der Waals surface area contributed by atoms with Crippen LogP contribution in [0.4, 0.5) is 18.9 Å². The van der Waals surface area contributed by atoms with Crippen LogP contribution in [-0.2, 0) is 11.2 Å². The second-order valence-corrected chi connectivity index (χ2v) is 6.41. The Hall–Kier alpha value is -3.36. The third-order valence-electron chi connectivity index (χ3n) is 4.18. The largest absolute Gasteiger partial charge is 0.468 e. The Labute approximate surface area is 165 Å². The summed E-state index contributed by atoms with van der Waals surface area (Å²) in [6.45, 7) is 2.31. The summed E-state index contributed by atoms with van der Waals surface area (Å²) in [7, 11) is 0. The van der Waals surface area contributed by atoms with E-state index < -0.39 is 12.8 Å².